The van der Waals surface area contributed by atoms with Gasteiger partial charge in [0.25, 0.3) is 0 Å². The standard InChI is InChI=1S/C30H22N4O2/c1-18-6-5-8-21(16-18)28-32-29-26-25(20-10-13-22(35-2)14-11-20)24-15-12-19-7-3-4-9-23(19)27(24)36-30(26)31-17-34(29)33-28/h3-17,25H,1-2H3/t25-/m1/s1. The maximum atomic E-state index is 6.51. The van der Waals surface area contributed by atoms with Gasteiger partial charge in [-0.25, -0.2) is 14.5 Å². The fourth-order valence-corrected chi connectivity index (χ4v) is 5.10. The van der Waals surface area contributed by atoms with Gasteiger partial charge in [-0.05, 0) is 36.1 Å². The Hall–Kier alpha value is -4.71. The second-order valence-corrected chi connectivity index (χ2v) is 9.05. The summed E-state index contributed by atoms with van der Waals surface area (Å²) < 4.78 is 13.7. The highest BCUT2D eigenvalue weighted by atomic mass is 16.5. The number of benzene rings is 4. The van der Waals surface area contributed by atoms with Crippen LogP contribution in [0, 0.1) is 6.92 Å². The van der Waals surface area contributed by atoms with Gasteiger partial charge in [-0.2, -0.15) is 0 Å². The third-order valence-corrected chi connectivity index (χ3v) is 6.82. The summed E-state index contributed by atoms with van der Waals surface area (Å²) in [5.41, 5.74) is 5.93. The number of nitrogens with zero attached hydrogens (tertiary/aromatic N) is 4. The summed E-state index contributed by atoms with van der Waals surface area (Å²) in [7, 11) is 1.68. The van der Waals surface area contributed by atoms with E-state index in [1.807, 2.05) is 36.4 Å². The number of hydrogen-bond acceptors (Lipinski definition) is 5. The highest BCUT2D eigenvalue weighted by Gasteiger charge is 2.34. The minimum absolute atomic E-state index is 0.134. The average Bonchev–Trinajstić information content (AvgIpc) is 3.37. The molecule has 2 aromatic heterocycles. The van der Waals surface area contributed by atoms with Crippen molar-refractivity contribution in [3.63, 3.8) is 0 Å². The summed E-state index contributed by atoms with van der Waals surface area (Å²) >= 11 is 0. The largest absolute Gasteiger partial charge is 0.497 e. The van der Waals surface area contributed by atoms with E-state index in [2.05, 4.69) is 55.5 Å². The minimum Gasteiger partial charge on any atom is -0.497 e. The van der Waals surface area contributed by atoms with Crippen molar-refractivity contribution in [3.05, 3.63) is 114 Å². The third-order valence-electron chi connectivity index (χ3n) is 6.82. The zero-order chi connectivity index (χ0) is 24.2. The molecule has 36 heavy (non-hydrogen) atoms. The van der Waals surface area contributed by atoms with E-state index in [-0.39, 0.29) is 5.92 Å². The molecule has 6 aromatic rings. The van der Waals surface area contributed by atoms with E-state index in [9.17, 15) is 0 Å². The molecule has 0 radical (unpaired) electrons. The quantitative estimate of drug-likeness (QED) is 0.293. The minimum atomic E-state index is -0.134. The summed E-state index contributed by atoms with van der Waals surface area (Å²) in [5.74, 6) is 2.72. The first-order valence-corrected chi connectivity index (χ1v) is 11.9. The van der Waals surface area contributed by atoms with Crippen molar-refractivity contribution in [2.75, 3.05) is 7.11 Å². The molecule has 0 bridgehead atoms. The van der Waals surface area contributed by atoms with Crippen molar-refractivity contribution in [2.45, 2.75) is 12.8 Å². The van der Waals surface area contributed by atoms with E-state index < -0.39 is 0 Å². The van der Waals surface area contributed by atoms with Crippen LogP contribution in [0.1, 0.15) is 28.2 Å². The molecule has 6 nitrogen and oxygen atoms in total. The highest BCUT2D eigenvalue weighted by molar-refractivity contribution is 5.91. The van der Waals surface area contributed by atoms with Crippen molar-refractivity contribution in [1.82, 2.24) is 19.6 Å². The Morgan fingerprint density at radius 1 is 0.917 bits per heavy atom. The molecule has 7 rings (SSSR count). The van der Waals surface area contributed by atoms with E-state index in [4.69, 9.17) is 24.5 Å². The summed E-state index contributed by atoms with van der Waals surface area (Å²) in [5, 5.41) is 6.94. The van der Waals surface area contributed by atoms with Gasteiger partial charge in [0.05, 0.1) is 12.7 Å². The zero-order valence-corrected chi connectivity index (χ0v) is 19.8. The molecule has 174 valence electrons. The molecule has 1 aliphatic heterocycles. The molecule has 1 atom stereocenters. The van der Waals surface area contributed by atoms with Crippen molar-refractivity contribution in [2.24, 2.45) is 0 Å². The van der Waals surface area contributed by atoms with Crippen molar-refractivity contribution in [3.8, 4) is 28.8 Å². The Morgan fingerprint density at radius 2 is 1.78 bits per heavy atom. The molecule has 0 saturated heterocycles. The van der Waals surface area contributed by atoms with E-state index in [1.165, 1.54) is 0 Å². The summed E-state index contributed by atoms with van der Waals surface area (Å²) in [6.07, 6.45) is 1.68. The Kier molecular flexibility index (Phi) is 4.54. The Balaban J connectivity index is 1.50. The van der Waals surface area contributed by atoms with Crippen LogP contribution < -0.4 is 9.47 Å². The highest BCUT2D eigenvalue weighted by Crippen LogP contribution is 2.50. The van der Waals surface area contributed by atoms with Crippen LogP contribution >= 0.6 is 0 Å². The molecule has 0 fully saturated rings. The summed E-state index contributed by atoms with van der Waals surface area (Å²) in [6.45, 7) is 2.07. The van der Waals surface area contributed by atoms with Crippen LogP contribution in [0.25, 0.3) is 27.8 Å². The summed E-state index contributed by atoms with van der Waals surface area (Å²) in [6, 6.07) is 28.9. The van der Waals surface area contributed by atoms with Gasteiger partial charge >= 0.3 is 0 Å². The number of methoxy groups -OCH3 is 1. The predicted molar refractivity (Wildman–Crippen MR) is 139 cm³/mol. The van der Waals surface area contributed by atoms with Crippen molar-refractivity contribution < 1.29 is 9.47 Å². The van der Waals surface area contributed by atoms with Crippen LogP contribution in [0.4, 0.5) is 0 Å². The molecule has 0 aliphatic carbocycles. The lowest BCUT2D eigenvalue weighted by atomic mass is 9.83. The molecule has 0 amide bonds. The first kappa shape index (κ1) is 20.6. The van der Waals surface area contributed by atoms with Gasteiger partial charge in [0.2, 0.25) is 5.88 Å². The van der Waals surface area contributed by atoms with Gasteiger partial charge in [-0.15, -0.1) is 5.10 Å². The molecule has 0 N–H and O–H groups in total. The van der Waals surface area contributed by atoms with Gasteiger partial charge in [0.1, 0.15) is 17.8 Å². The maximum Gasteiger partial charge on any atom is 0.228 e. The second kappa shape index (κ2) is 7.92. The molecule has 0 saturated carbocycles. The first-order valence-electron chi connectivity index (χ1n) is 11.9. The lowest BCUT2D eigenvalue weighted by Gasteiger charge is -2.28. The Bertz CT molecular complexity index is 1770. The Morgan fingerprint density at radius 3 is 2.61 bits per heavy atom. The normalized spacial score (nSPS) is 14.3. The first-order chi connectivity index (χ1) is 17.7. The fraction of sp³-hybridized carbons (Fsp3) is 0.100. The average molecular weight is 471 g/mol. The Labute approximate surface area is 207 Å². The zero-order valence-electron chi connectivity index (χ0n) is 19.8. The van der Waals surface area contributed by atoms with Crippen LogP contribution in [0.3, 0.4) is 0 Å². The van der Waals surface area contributed by atoms with E-state index in [0.29, 0.717) is 11.7 Å². The number of ether oxygens (including phenoxy) is 2. The number of aryl methyl sites for hydroxylation is 1. The lowest BCUT2D eigenvalue weighted by molar-refractivity contribution is 0.414. The lowest BCUT2D eigenvalue weighted by Crippen LogP contribution is -2.15. The van der Waals surface area contributed by atoms with E-state index in [0.717, 1.165) is 55.7 Å². The SMILES string of the molecule is COc1ccc([C@@H]2c3ccc4ccccc4c3Oc3ncn4nc(-c5cccc(C)c5)nc4c32)cc1. The van der Waals surface area contributed by atoms with Crippen LogP contribution in [0.5, 0.6) is 17.4 Å². The predicted octanol–water partition coefficient (Wildman–Crippen LogP) is 6.55. The van der Waals surface area contributed by atoms with Crippen LogP contribution in [-0.2, 0) is 0 Å². The van der Waals surface area contributed by atoms with Gasteiger partial charge < -0.3 is 9.47 Å². The fourth-order valence-electron chi connectivity index (χ4n) is 5.10. The van der Waals surface area contributed by atoms with Crippen molar-refractivity contribution >= 4 is 16.4 Å². The van der Waals surface area contributed by atoms with Gasteiger partial charge in [-0.1, -0.05) is 72.3 Å². The molecule has 3 heterocycles. The molecular weight excluding hydrogens is 448 g/mol. The van der Waals surface area contributed by atoms with E-state index in [1.54, 1.807) is 18.0 Å². The molecule has 6 heteroatoms. The number of fused-ring (bicyclic) bond motifs is 6. The molecule has 1 aliphatic rings. The second-order valence-electron chi connectivity index (χ2n) is 9.05. The topological polar surface area (TPSA) is 61.5 Å². The summed E-state index contributed by atoms with van der Waals surface area (Å²) in [4.78, 5) is 9.69. The third kappa shape index (κ3) is 3.15. The van der Waals surface area contributed by atoms with E-state index >= 15 is 0 Å². The van der Waals surface area contributed by atoms with Crippen LogP contribution in [0.15, 0.2) is 91.3 Å². The smallest absolute Gasteiger partial charge is 0.228 e. The van der Waals surface area contributed by atoms with Crippen LogP contribution in [-0.4, -0.2) is 26.7 Å². The van der Waals surface area contributed by atoms with Crippen molar-refractivity contribution in [1.29, 1.82) is 0 Å². The number of hydrogen-bond donors (Lipinski definition) is 0. The van der Waals surface area contributed by atoms with Gasteiger partial charge in [-0.3, -0.25) is 0 Å². The van der Waals surface area contributed by atoms with Gasteiger partial charge in [0.15, 0.2) is 11.5 Å². The van der Waals surface area contributed by atoms with Crippen LogP contribution in [0.2, 0.25) is 0 Å². The number of rotatable bonds is 3. The number of aromatic nitrogens is 4. The molecular formula is C30H22N4O2. The molecule has 4 aromatic carbocycles. The molecule has 0 spiro atoms. The molecule has 0 unspecified atom stereocenters. The monoisotopic (exact) mass is 470 g/mol. The van der Waals surface area contributed by atoms with Gasteiger partial charge in [0, 0.05) is 22.4 Å². The maximum absolute atomic E-state index is 6.51.